The molecule has 2 N–H and O–H groups in total. The smallest absolute Gasteiger partial charge is 0.0348 e. The molecular formula is C11H21N3. The van der Waals surface area contributed by atoms with Gasteiger partial charge in [0, 0.05) is 31.2 Å². The maximum absolute atomic E-state index is 3.67. The van der Waals surface area contributed by atoms with Crippen molar-refractivity contribution in [3.8, 4) is 0 Å². The lowest BCUT2D eigenvalue weighted by Gasteiger charge is -2.38. The van der Waals surface area contributed by atoms with Crippen LogP contribution in [-0.2, 0) is 0 Å². The number of nitrogens with one attached hydrogen (secondary N) is 2. The predicted octanol–water partition coefficient (Wildman–Crippen LogP) is 0.175. The van der Waals surface area contributed by atoms with Crippen molar-refractivity contribution in [3.05, 3.63) is 0 Å². The lowest BCUT2D eigenvalue weighted by atomic mass is 9.97. The second kappa shape index (κ2) is 3.80. The number of fused-ring (bicyclic) bond motifs is 3. The highest BCUT2D eigenvalue weighted by Crippen LogP contribution is 2.27. The average Bonchev–Trinajstić information content (AvgIpc) is 2.61. The van der Waals surface area contributed by atoms with E-state index >= 15 is 0 Å². The molecule has 0 amide bonds. The van der Waals surface area contributed by atoms with E-state index in [1.807, 2.05) is 0 Å². The summed E-state index contributed by atoms with van der Waals surface area (Å²) < 4.78 is 0. The van der Waals surface area contributed by atoms with Gasteiger partial charge in [-0.1, -0.05) is 0 Å². The molecule has 3 aliphatic heterocycles. The molecule has 14 heavy (non-hydrogen) atoms. The van der Waals surface area contributed by atoms with E-state index in [1.165, 1.54) is 51.9 Å². The molecule has 3 rings (SSSR count). The summed E-state index contributed by atoms with van der Waals surface area (Å²) in [4.78, 5) is 2.77. The Morgan fingerprint density at radius 2 is 2.07 bits per heavy atom. The molecule has 0 aromatic heterocycles. The van der Waals surface area contributed by atoms with Gasteiger partial charge in [0.15, 0.2) is 0 Å². The Bertz CT molecular complexity index is 207. The molecular weight excluding hydrogens is 174 g/mol. The summed E-state index contributed by atoms with van der Waals surface area (Å²) in [6.07, 6.45) is 5.60. The highest BCUT2D eigenvalue weighted by Gasteiger charge is 2.38. The molecule has 3 atom stereocenters. The highest BCUT2D eigenvalue weighted by molar-refractivity contribution is 4.97. The number of hydrogen-bond acceptors (Lipinski definition) is 3. The van der Waals surface area contributed by atoms with E-state index in [-0.39, 0.29) is 0 Å². The molecule has 3 saturated heterocycles. The van der Waals surface area contributed by atoms with Crippen molar-refractivity contribution in [2.24, 2.45) is 0 Å². The molecule has 3 fully saturated rings. The number of rotatable bonds is 0. The van der Waals surface area contributed by atoms with Gasteiger partial charge in [-0.3, -0.25) is 4.90 Å². The first-order valence-corrected chi connectivity index (χ1v) is 6.15. The van der Waals surface area contributed by atoms with Gasteiger partial charge in [-0.25, -0.2) is 0 Å². The quantitative estimate of drug-likeness (QED) is 0.577. The van der Waals surface area contributed by atoms with Crippen LogP contribution in [0.15, 0.2) is 0 Å². The Hall–Kier alpha value is -0.120. The minimum Gasteiger partial charge on any atom is -0.314 e. The lowest BCUT2D eigenvalue weighted by molar-refractivity contribution is 0.135. The fraction of sp³-hybridized carbons (Fsp3) is 1.00. The summed E-state index contributed by atoms with van der Waals surface area (Å²) in [5, 5.41) is 7.28. The van der Waals surface area contributed by atoms with E-state index in [0.717, 1.165) is 12.1 Å². The molecule has 0 bridgehead atoms. The van der Waals surface area contributed by atoms with Gasteiger partial charge in [-0.15, -0.1) is 0 Å². The maximum Gasteiger partial charge on any atom is 0.0348 e. The van der Waals surface area contributed by atoms with Crippen LogP contribution < -0.4 is 10.6 Å². The zero-order chi connectivity index (χ0) is 9.38. The van der Waals surface area contributed by atoms with Crippen molar-refractivity contribution in [1.29, 1.82) is 0 Å². The van der Waals surface area contributed by atoms with E-state index in [0.29, 0.717) is 6.04 Å². The van der Waals surface area contributed by atoms with E-state index in [9.17, 15) is 0 Å². The number of hydrogen-bond donors (Lipinski definition) is 2. The highest BCUT2D eigenvalue weighted by atomic mass is 15.3. The molecule has 80 valence electrons. The molecule has 3 aliphatic rings. The summed E-state index contributed by atoms with van der Waals surface area (Å²) in [5.74, 6) is 0. The van der Waals surface area contributed by atoms with Crippen molar-refractivity contribution in [2.75, 3.05) is 26.2 Å². The Morgan fingerprint density at radius 1 is 1.07 bits per heavy atom. The minimum absolute atomic E-state index is 0.715. The van der Waals surface area contributed by atoms with Gasteiger partial charge in [0.1, 0.15) is 0 Å². The maximum atomic E-state index is 3.67. The molecule has 3 heteroatoms. The molecule has 0 radical (unpaired) electrons. The third-order valence-corrected chi connectivity index (χ3v) is 4.14. The normalized spacial score (nSPS) is 44.1. The average molecular weight is 195 g/mol. The number of nitrogens with zero attached hydrogens (tertiary/aromatic N) is 1. The lowest BCUT2D eigenvalue weighted by Crippen LogP contribution is -2.55. The van der Waals surface area contributed by atoms with Crippen molar-refractivity contribution in [1.82, 2.24) is 15.5 Å². The largest absolute Gasteiger partial charge is 0.314 e. The first-order chi connectivity index (χ1) is 6.95. The third kappa shape index (κ3) is 1.47. The van der Waals surface area contributed by atoms with Gasteiger partial charge in [0.05, 0.1) is 0 Å². The Balaban J connectivity index is 1.79. The summed E-state index contributed by atoms with van der Waals surface area (Å²) in [6, 6.07) is 2.38. The van der Waals surface area contributed by atoms with E-state index < -0.39 is 0 Å². The monoisotopic (exact) mass is 195 g/mol. The zero-order valence-corrected chi connectivity index (χ0v) is 8.84. The van der Waals surface area contributed by atoms with Crippen LogP contribution in [0.3, 0.4) is 0 Å². The van der Waals surface area contributed by atoms with Gasteiger partial charge in [-0.2, -0.15) is 0 Å². The second-order valence-corrected chi connectivity index (χ2v) is 4.96. The molecule has 0 spiro atoms. The van der Waals surface area contributed by atoms with Gasteiger partial charge >= 0.3 is 0 Å². The first kappa shape index (κ1) is 9.13. The molecule has 0 aromatic rings. The van der Waals surface area contributed by atoms with Gasteiger partial charge in [0.2, 0.25) is 0 Å². The predicted molar refractivity (Wildman–Crippen MR) is 57.4 cm³/mol. The SMILES string of the molecule is C1CNC2CNCC3CCCN3C2C1. The van der Waals surface area contributed by atoms with Crippen molar-refractivity contribution in [2.45, 2.75) is 43.8 Å². The van der Waals surface area contributed by atoms with Crippen LogP contribution >= 0.6 is 0 Å². The summed E-state index contributed by atoms with van der Waals surface area (Å²) >= 11 is 0. The van der Waals surface area contributed by atoms with Crippen LogP contribution in [0.4, 0.5) is 0 Å². The molecule has 3 unspecified atom stereocenters. The Kier molecular flexibility index (Phi) is 2.48. The Morgan fingerprint density at radius 3 is 3.07 bits per heavy atom. The van der Waals surface area contributed by atoms with Crippen LogP contribution in [0.1, 0.15) is 25.7 Å². The molecule has 0 saturated carbocycles. The van der Waals surface area contributed by atoms with Gasteiger partial charge in [0.25, 0.3) is 0 Å². The number of piperidine rings is 1. The van der Waals surface area contributed by atoms with E-state index in [1.54, 1.807) is 0 Å². The fourth-order valence-electron chi connectivity index (χ4n) is 3.46. The summed E-state index contributed by atoms with van der Waals surface area (Å²) in [7, 11) is 0. The molecule has 3 heterocycles. The Labute approximate surface area is 86.2 Å². The van der Waals surface area contributed by atoms with Crippen molar-refractivity contribution < 1.29 is 0 Å². The van der Waals surface area contributed by atoms with Crippen molar-refractivity contribution in [3.63, 3.8) is 0 Å². The standard InChI is InChI=1S/C11H21N3/c1-4-11-10(13-5-1)8-12-7-9-3-2-6-14(9)11/h9-13H,1-8H2. The van der Waals surface area contributed by atoms with Gasteiger partial charge < -0.3 is 10.6 Å². The van der Waals surface area contributed by atoms with Crippen LogP contribution in [0.2, 0.25) is 0 Å². The van der Waals surface area contributed by atoms with E-state index in [4.69, 9.17) is 0 Å². The fourth-order valence-corrected chi connectivity index (χ4v) is 3.46. The van der Waals surface area contributed by atoms with Gasteiger partial charge in [-0.05, 0) is 38.8 Å². The topological polar surface area (TPSA) is 27.3 Å². The van der Waals surface area contributed by atoms with Crippen LogP contribution in [-0.4, -0.2) is 49.2 Å². The van der Waals surface area contributed by atoms with E-state index in [2.05, 4.69) is 15.5 Å². The van der Waals surface area contributed by atoms with Crippen LogP contribution in [0.25, 0.3) is 0 Å². The third-order valence-electron chi connectivity index (χ3n) is 4.14. The zero-order valence-electron chi connectivity index (χ0n) is 8.84. The summed E-state index contributed by atoms with van der Waals surface area (Å²) in [6.45, 7) is 4.96. The second-order valence-electron chi connectivity index (χ2n) is 4.96. The summed E-state index contributed by atoms with van der Waals surface area (Å²) in [5.41, 5.74) is 0. The molecule has 0 aliphatic carbocycles. The molecule has 3 nitrogen and oxygen atoms in total. The van der Waals surface area contributed by atoms with Crippen LogP contribution in [0.5, 0.6) is 0 Å². The molecule has 0 aromatic carbocycles. The first-order valence-electron chi connectivity index (χ1n) is 6.15. The van der Waals surface area contributed by atoms with Crippen LogP contribution in [0, 0.1) is 0 Å². The van der Waals surface area contributed by atoms with Crippen molar-refractivity contribution >= 4 is 0 Å². The minimum atomic E-state index is 0.715.